The predicted octanol–water partition coefficient (Wildman–Crippen LogP) is 2.98. The molecule has 0 aromatic heterocycles. The van der Waals surface area contributed by atoms with Gasteiger partial charge in [-0.15, -0.1) is 0 Å². The Morgan fingerprint density at radius 1 is 1.29 bits per heavy atom. The van der Waals surface area contributed by atoms with Crippen molar-refractivity contribution in [2.75, 3.05) is 0 Å². The van der Waals surface area contributed by atoms with Gasteiger partial charge in [0.05, 0.1) is 0 Å². The Morgan fingerprint density at radius 2 is 2.07 bits per heavy atom. The monoisotopic (exact) mass is 189 g/mol. The third-order valence-electron chi connectivity index (χ3n) is 3.23. The zero-order valence-electron chi connectivity index (χ0n) is 9.30. The summed E-state index contributed by atoms with van der Waals surface area (Å²) < 4.78 is 0. The summed E-state index contributed by atoms with van der Waals surface area (Å²) in [5.74, 6) is 0. The summed E-state index contributed by atoms with van der Waals surface area (Å²) >= 11 is 0. The smallest absolute Gasteiger partial charge is 0.0299 e. The maximum Gasteiger partial charge on any atom is 0.0299 e. The van der Waals surface area contributed by atoms with Crippen molar-refractivity contribution in [1.82, 2.24) is 5.32 Å². The molecule has 1 heteroatoms. The summed E-state index contributed by atoms with van der Waals surface area (Å²) in [6.07, 6.45) is 2.47. The lowest BCUT2D eigenvalue weighted by atomic mass is 9.95. The number of nitrogens with one attached hydrogen (secondary N) is 1. The van der Waals surface area contributed by atoms with Gasteiger partial charge in [0.2, 0.25) is 0 Å². The minimum atomic E-state index is 0.503. The fraction of sp³-hybridized carbons (Fsp3) is 0.538. The summed E-state index contributed by atoms with van der Waals surface area (Å²) in [5.41, 5.74) is 4.49. The van der Waals surface area contributed by atoms with Crippen LogP contribution < -0.4 is 5.32 Å². The number of fused-ring (bicyclic) bond motifs is 1. The number of hydrogen-bond acceptors (Lipinski definition) is 1. The van der Waals surface area contributed by atoms with Gasteiger partial charge in [-0.3, -0.25) is 0 Å². The van der Waals surface area contributed by atoms with Crippen LogP contribution in [0.1, 0.15) is 43.0 Å². The maximum atomic E-state index is 3.64. The van der Waals surface area contributed by atoms with E-state index >= 15 is 0 Å². The molecular formula is C13H19N. The normalized spacial score (nSPS) is 26.8. The van der Waals surface area contributed by atoms with E-state index in [-0.39, 0.29) is 0 Å². The van der Waals surface area contributed by atoms with Crippen LogP contribution in [0.15, 0.2) is 18.2 Å². The molecule has 1 heterocycles. The second-order valence-corrected chi connectivity index (χ2v) is 4.48. The molecule has 2 rings (SSSR count). The highest BCUT2D eigenvalue weighted by Gasteiger charge is 2.18. The molecule has 0 radical (unpaired) electrons. The number of aryl methyl sites for hydroxylation is 2. The molecule has 2 unspecified atom stereocenters. The van der Waals surface area contributed by atoms with E-state index in [4.69, 9.17) is 0 Å². The lowest BCUT2D eigenvalue weighted by Gasteiger charge is -2.18. The van der Waals surface area contributed by atoms with Crippen LogP contribution in [-0.2, 0) is 6.42 Å². The fourth-order valence-corrected chi connectivity index (χ4v) is 2.54. The van der Waals surface area contributed by atoms with Crippen LogP contribution >= 0.6 is 0 Å². The lowest BCUT2D eigenvalue weighted by Crippen LogP contribution is -2.27. The van der Waals surface area contributed by atoms with Crippen LogP contribution in [0.3, 0.4) is 0 Å². The molecule has 0 bridgehead atoms. The Labute approximate surface area is 86.5 Å². The molecule has 1 nitrogen and oxygen atoms in total. The average molecular weight is 189 g/mol. The Bertz CT molecular complexity index is 330. The first-order valence-corrected chi connectivity index (χ1v) is 5.53. The Morgan fingerprint density at radius 3 is 2.86 bits per heavy atom. The molecule has 2 atom stereocenters. The molecule has 0 amide bonds. The van der Waals surface area contributed by atoms with E-state index in [0.29, 0.717) is 12.1 Å². The quantitative estimate of drug-likeness (QED) is 0.661. The van der Waals surface area contributed by atoms with E-state index < -0.39 is 0 Å². The maximum absolute atomic E-state index is 3.64. The van der Waals surface area contributed by atoms with Crippen molar-refractivity contribution in [3.8, 4) is 0 Å². The van der Waals surface area contributed by atoms with Crippen molar-refractivity contribution in [3.05, 3.63) is 34.9 Å². The number of hydrogen-bond donors (Lipinski definition) is 1. The van der Waals surface area contributed by atoms with Crippen LogP contribution in [0.25, 0.3) is 0 Å². The molecule has 1 aromatic rings. The van der Waals surface area contributed by atoms with Gasteiger partial charge < -0.3 is 5.32 Å². The molecule has 1 N–H and O–H groups in total. The van der Waals surface area contributed by atoms with Crippen molar-refractivity contribution in [2.24, 2.45) is 0 Å². The average Bonchev–Trinajstić information content (AvgIpc) is 2.27. The first kappa shape index (κ1) is 9.72. The standard InChI is InChI=1S/C13H19N/c1-9-5-4-6-12-8-7-10(2)14-11(3)13(9)12/h4-6,10-11,14H,7-8H2,1-3H3. The third-order valence-corrected chi connectivity index (χ3v) is 3.23. The van der Waals surface area contributed by atoms with Gasteiger partial charge in [-0.2, -0.15) is 0 Å². The molecule has 0 spiro atoms. The summed E-state index contributed by atoms with van der Waals surface area (Å²) in [4.78, 5) is 0. The van der Waals surface area contributed by atoms with Crippen LogP contribution in [-0.4, -0.2) is 6.04 Å². The summed E-state index contributed by atoms with van der Waals surface area (Å²) in [6.45, 7) is 6.76. The second-order valence-electron chi connectivity index (χ2n) is 4.48. The van der Waals surface area contributed by atoms with Crippen molar-refractivity contribution in [3.63, 3.8) is 0 Å². The van der Waals surface area contributed by atoms with E-state index in [1.54, 1.807) is 0 Å². The highest BCUT2D eigenvalue weighted by atomic mass is 14.9. The minimum Gasteiger partial charge on any atom is -0.308 e. The van der Waals surface area contributed by atoms with Gasteiger partial charge in [0.25, 0.3) is 0 Å². The molecule has 76 valence electrons. The van der Waals surface area contributed by atoms with Crippen molar-refractivity contribution < 1.29 is 0 Å². The molecule has 0 aliphatic carbocycles. The number of benzene rings is 1. The van der Waals surface area contributed by atoms with Crippen LogP contribution in [0.2, 0.25) is 0 Å². The predicted molar refractivity (Wildman–Crippen MR) is 60.5 cm³/mol. The highest BCUT2D eigenvalue weighted by molar-refractivity contribution is 5.37. The van der Waals surface area contributed by atoms with Crippen LogP contribution in [0, 0.1) is 6.92 Å². The Kier molecular flexibility index (Phi) is 2.60. The largest absolute Gasteiger partial charge is 0.308 e. The van der Waals surface area contributed by atoms with Crippen molar-refractivity contribution in [1.29, 1.82) is 0 Å². The SMILES string of the molecule is Cc1cccc2c1C(C)NC(C)CC2. The molecule has 1 aliphatic rings. The topological polar surface area (TPSA) is 12.0 Å². The molecule has 0 saturated carbocycles. The van der Waals surface area contributed by atoms with E-state index in [0.717, 1.165) is 0 Å². The fourth-order valence-electron chi connectivity index (χ4n) is 2.54. The van der Waals surface area contributed by atoms with Gasteiger partial charge in [-0.25, -0.2) is 0 Å². The van der Waals surface area contributed by atoms with Crippen molar-refractivity contribution >= 4 is 0 Å². The first-order valence-electron chi connectivity index (χ1n) is 5.53. The van der Waals surface area contributed by atoms with Crippen LogP contribution in [0.4, 0.5) is 0 Å². The molecule has 1 aromatic carbocycles. The Hall–Kier alpha value is -0.820. The van der Waals surface area contributed by atoms with Gasteiger partial charge in [0, 0.05) is 12.1 Å². The van der Waals surface area contributed by atoms with Gasteiger partial charge in [-0.05, 0) is 50.3 Å². The van der Waals surface area contributed by atoms with Crippen LogP contribution in [0.5, 0.6) is 0 Å². The highest BCUT2D eigenvalue weighted by Crippen LogP contribution is 2.26. The zero-order chi connectivity index (χ0) is 10.1. The van der Waals surface area contributed by atoms with E-state index in [1.807, 2.05) is 0 Å². The molecule has 0 saturated heterocycles. The van der Waals surface area contributed by atoms with Gasteiger partial charge in [-0.1, -0.05) is 18.2 Å². The van der Waals surface area contributed by atoms with Crippen molar-refractivity contribution in [2.45, 2.75) is 45.7 Å². The zero-order valence-corrected chi connectivity index (χ0v) is 9.30. The Balaban J connectivity index is 2.44. The summed E-state index contributed by atoms with van der Waals surface area (Å²) in [6, 6.07) is 7.81. The van der Waals surface area contributed by atoms with E-state index in [2.05, 4.69) is 44.3 Å². The minimum absolute atomic E-state index is 0.503. The summed E-state index contributed by atoms with van der Waals surface area (Å²) in [7, 11) is 0. The van der Waals surface area contributed by atoms with Gasteiger partial charge in [0.1, 0.15) is 0 Å². The lowest BCUT2D eigenvalue weighted by molar-refractivity contribution is 0.475. The summed E-state index contributed by atoms with van der Waals surface area (Å²) in [5, 5.41) is 3.64. The molecule has 0 fully saturated rings. The van der Waals surface area contributed by atoms with E-state index in [1.165, 1.54) is 29.5 Å². The molecule has 14 heavy (non-hydrogen) atoms. The van der Waals surface area contributed by atoms with Gasteiger partial charge in [0.15, 0.2) is 0 Å². The first-order chi connectivity index (χ1) is 6.68. The van der Waals surface area contributed by atoms with E-state index in [9.17, 15) is 0 Å². The third kappa shape index (κ3) is 1.69. The molecule has 1 aliphatic heterocycles. The number of rotatable bonds is 0. The second kappa shape index (κ2) is 3.74. The van der Waals surface area contributed by atoms with Gasteiger partial charge >= 0.3 is 0 Å². The molecular weight excluding hydrogens is 170 g/mol.